The fraction of sp³-hybridized carbons (Fsp3) is 0.786. The Balaban J connectivity index is 2.12. The van der Waals surface area contributed by atoms with Crippen LogP contribution in [0.15, 0.2) is 12.7 Å². The molecule has 0 spiro atoms. The van der Waals surface area contributed by atoms with Gasteiger partial charge in [0.15, 0.2) is 0 Å². The largest absolute Gasteiger partial charge is 0.377 e. The molecule has 0 aromatic heterocycles. The van der Waals surface area contributed by atoms with Crippen molar-refractivity contribution in [2.75, 3.05) is 6.54 Å². The quantitative estimate of drug-likeness (QED) is 0.753. The third kappa shape index (κ3) is 2.53. The van der Waals surface area contributed by atoms with Gasteiger partial charge in [0.25, 0.3) is 0 Å². The molecule has 2 rings (SSSR count). The summed E-state index contributed by atoms with van der Waals surface area (Å²) in [6.45, 7) is 3.93. The van der Waals surface area contributed by atoms with E-state index in [9.17, 15) is 9.50 Å². The molecule has 2 aliphatic rings. The predicted octanol–water partition coefficient (Wildman–Crippen LogP) is 1.31. The molecule has 1 saturated heterocycles. The van der Waals surface area contributed by atoms with E-state index in [1.165, 1.54) is 4.90 Å². The highest BCUT2D eigenvalue weighted by molar-refractivity contribution is 5.09. The number of alkyl halides is 1. The summed E-state index contributed by atoms with van der Waals surface area (Å²) in [6.07, 6.45) is 3.88. The first-order valence-corrected chi connectivity index (χ1v) is 6.91. The smallest absolute Gasteiger partial charge is 0.124 e. The lowest BCUT2D eigenvalue weighted by Crippen LogP contribution is -2.56. The minimum Gasteiger partial charge on any atom is -0.377 e. The Morgan fingerprint density at radius 1 is 1.53 bits per heavy atom. The molecule has 0 aromatic rings. The summed E-state index contributed by atoms with van der Waals surface area (Å²) in [6, 6.07) is 0.942. The van der Waals surface area contributed by atoms with Crippen LogP contribution in [0.25, 0.3) is 0 Å². The van der Waals surface area contributed by atoms with Gasteiger partial charge in [-0.1, -0.05) is 18.9 Å². The maximum absolute atomic E-state index is 13.4. The third-order valence-corrected chi connectivity index (χ3v) is 4.70. The molecule has 1 saturated carbocycles. The summed E-state index contributed by atoms with van der Waals surface area (Å²) in [5.74, 6) is 0. The number of likely N-dealkylation sites (tertiary alicyclic amines) is 1. The lowest BCUT2D eigenvalue weighted by atomic mass is 9.78. The monoisotopic (exact) mass is 267 g/mol. The van der Waals surface area contributed by atoms with Crippen LogP contribution >= 0.6 is 0 Å². The van der Waals surface area contributed by atoms with Gasteiger partial charge >= 0.3 is 0 Å². The molecule has 1 aliphatic heterocycles. The summed E-state index contributed by atoms with van der Waals surface area (Å²) in [4.78, 5) is 1.50. The zero-order chi connectivity index (χ0) is 14.0. The fourth-order valence-electron chi connectivity index (χ4n) is 3.44. The number of aliphatic hydroxyl groups excluding tert-OH is 1. The number of hydrogen-bond donors (Lipinski definition) is 2. The van der Waals surface area contributed by atoms with Crippen LogP contribution in [-0.4, -0.2) is 41.0 Å². The number of rotatable bonds is 4. The van der Waals surface area contributed by atoms with Crippen molar-refractivity contribution in [3.8, 4) is 6.07 Å². The van der Waals surface area contributed by atoms with E-state index in [1.807, 2.05) is 12.1 Å². The van der Waals surface area contributed by atoms with E-state index < -0.39 is 24.5 Å². The second-order valence-electron chi connectivity index (χ2n) is 5.76. The van der Waals surface area contributed by atoms with E-state index in [4.69, 9.17) is 11.0 Å². The zero-order valence-corrected chi connectivity index (χ0v) is 11.1. The van der Waals surface area contributed by atoms with Crippen molar-refractivity contribution in [2.24, 2.45) is 11.1 Å². The number of aliphatic hydroxyl groups is 1. The molecule has 4 atom stereocenters. The van der Waals surface area contributed by atoms with E-state index in [1.54, 1.807) is 0 Å². The highest BCUT2D eigenvalue weighted by atomic mass is 19.1. The highest BCUT2D eigenvalue weighted by Gasteiger charge is 2.45. The van der Waals surface area contributed by atoms with Crippen LogP contribution in [0.4, 0.5) is 4.39 Å². The van der Waals surface area contributed by atoms with Crippen LogP contribution < -0.4 is 5.73 Å². The Morgan fingerprint density at radius 3 is 2.68 bits per heavy atom. The lowest BCUT2D eigenvalue weighted by Gasteiger charge is -2.39. The molecule has 19 heavy (non-hydrogen) atoms. The molecule has 0 amide bonds. The molecule has 5 heteroatoms. The second kappa shape index (κ2) is 5.58. The maximum atomic E-state index is 13.4. The number of hydrogen-bond acceptors (Lipinski definition) is 4. The molecule has 1 aliphatic carbocycles. The van der Waals surface area contributed by atoms with E-state index in [-0.39, 0.29) is 18.4 Å². The van der Waals surface area contributed by atoms with Crippen molar-refractivity contribution < 1.29 is 9.50 Å². The number of nitrogens with two attached hydrogens (primary N) is 1. The number of nitrogens with zero attached hydrogens (tertiary/aromatic N) is 2. The summed E-state index contributed by atoms with van der Waals surface area (Å²) in [5, 5.41) is 19.5. The number of halogens is 1. The Hall–Kier alpha value is -0.960. The molecule has 3 N–H and O–H groups in total. The minimum absolute atomic E-state index is 0.0836. The first kappa shape index (κ1) is 14.4. The summed E-state index contributed by atoms with van der Waals surface area (Å²) in [5.41, 5.74) is 5.93. The average Bonchev–Trinajstić information content (AvgIpc) is 3.03. The van der Waals surface area contributed by atoms with Gasteiger partial charge in [-0.05, 0) is 12.8 Å². The van der Waals surface area contributed by atoms with E-state index in [0.29, 0.717) is 0 Å². The highest BCUT2D eigenvalue weighted by Crippen LogP contribution is 2.43. The van der Waals surface area contributed by atoms with Crippen LogP contribution in [0.3, 0.4) is 0 Å². The summed E-state index contributed by atoms with van der Waals surface area (Å²) < 4.78 is 13.4. The van der Waals surface area contributed by atoms with E-state index in [2.05, 4.69) is 6.58 Å². The summed E-state index contributed by atoms with van der Waals surface area (Å²) in [7, 11) is 0. The van der Waals surface area contributed by atoms with Crippen molar-refractivity contribution in [1.82, 2.24) is 4.90 Å². The fourth-order valence-corrected chi connectivity index (χ4v) is 3.44. The zero-order valence-electron chi connectivity index (χ0n) is 11.1. The van der Waals surface area contributed by atoms with Crippen molar-refractivity contribution in [1.29, 1.82) is 5.26 Å². The first-order chi connectivity index (χ1) is 9.04. The van der Waals surface area contributed by atoms with Gasteiger partial charge in [-0.15, -0.1) is 6.58 Å². The number of nitriles is 1. The molecule has 0 bridgehead atoms. The Bertz CT molecular complexity index is 375. The van der Waals surface area contributed by atoms with Gasteiger partial charge in [0, 0.05) is 18.4 Å². The molecular weight excluding hydrogens is 245 g/mol. The Labute approximate surface area is 113 Å². The van der Waals surface area contributed by atoms with Gasteiger partial charge in [-0.3, -0.25) is 4.90 Å². The average molecular weight is 267 g/mol. The standard InChI is InChI=1S/C14H22FN3O/c1-2-14(5-3-4-6-14)12(17)13(19)18-9-10(15)7-11(18)8-16/h2,10-13,19H,1,3-7,9,17H2/t10-,11-,12+,13?/m0/s1. The van der Waals surface area contributed by atoms with Crippen LogP contribution in [-0.2, 0) is 0 Å². The molecular formula is C14H22FN3O. The SMILES string of the molecule is C=CC1([C@H](N)C(O)N2C[C@@H](F)C[C@H]2C#N)CCCC1. The maximum Gasteiger partial charge on any atom is 0.124 e. The van der Waals surface area contributed by atoms with Gasteiger partial charge in [-0.2, -0.15) is 5.26 Å². The van der Waals surface area contributed by atoms with Gasteiger partial charge in [0.1, 0.15) is 18.4 Å². The van der Waals surface area contributed by atoms with Gasteiger partial charge < -0.3 is 10.8 Å². The van der Waals surface area contributed by atoms with Crippen LogP contribution in [0.5, 0.6) is 0 Å². The van der Waals surface area contributed by atoms with Gasteiger partial charge in [-0.25, -0.2) is 4.39 Å². The van der Waals surface area contributed by atoms with E-state index >= 15 is 0 Å². The topological polar surface area (TPSA) is 73.3 Å². The van der Waals surface area contributed by atoms with Crippen molar-refractivity contribution >= 4 is 0 Å². The second-order valence-corrected chi connectivity index (χ2v) is 5.76. The minimum atomic E-state index is -1.06. The molecule has 0 aromatic carbocycles. The normalized spacial score (nSPS) is 33.8. The lowest BCUT2D eigenvalue weighted by molar-refractivity contribution is -0.0403. The molecule has 1 heterocycles. The third-order valence-electron chi connectivity index (χ3n) is 4.70. The summed E-state index contributed by atoms with van der Waals surface area (Å²) >= 11 is 0. The van der Waals surface area contributed by atoms with E-state index in [0.717, 1.165) is 25.7 Å². The van der Waals surface area contributed by atoms with Crippen molar-refractivity contribution in [2.45, 2.75) is 56.6 Å². The molecule has 106 valence electrons. The van der Waals surface area contributed by atoms with Gasteiger partial charge in [0.05, 0.1) is 12.1 Å². The first-order valence-electron chi connectivity index (χ1n) is 6.91. The molecule has 2 fully saturated rings. The molecule has 0 radical (unpaired) electrons. The predicted molar refractivity (Wildman–Crippen MR) is 70.7 cm³/mol. The molecule has 4 nitrogen and oxygen atoms in total. The van der Waals surface area contributed by atoms with Crippen LogP contribution in [0.2, 0.25) is 0 Å². The van der Waals surface area contributed by atoms with Crippen molar-refractivity contribution in [3.05, 3.63) is 12.7 Å². The van der Waals surface area contributed by atoms with Crippen LogP contribution in [0, 0.1) is 16.7 Å². The van der Waals surface area contributed by atoms with Crippen molar-refractivity contribution in [3.63, 3.8) is 0 Å². The molecule has 1 unspecified atom stereocenters. The Morgan fingerprint density at radius 2 is 2.16 bits per heavy atom. The Kier molecular flexibility index (Phi) is 4.24. The van der Waals surface area contributed by atoms with Crippen LogP contribution in [0.1, 0.15) is 32.1 Å². The van der Waals surface area contributed by atoms with Gasteiger partial charge in [0.2, 0.25) is 0 Å².